The molecule has 0 spiro atoms. The van der Waals surface area contributed by atoms with Crippen LogP contribution in [-0.2, 0) is 4.79 Å². The summed E-state index contributed by atoms with van der Waals surface area (Å²) in [5.41, 5.74) is 2.10. The maximum absolute atomic E-state index is 12.3. The lowest BCUT2D eigenvalue weighted by atomic mass is 9.58. The Labute approximate surface area is 313 Å². The van der Waals surface area contributed by atoms with Gasteiger partial charge in [-0.3, -0.25) is 0 Å². The van der Waals surface area contributed by atoms with E-state index >= 15 is 0 Å². The van der Waals surface area contributed by atoms with Crippen LogP contribution in [0.5, 0.6) is 5.75 Å². The number of phenols is 1. The van der Waals surface area contributed by atoms with Gasteiger partial charge >= 0.3 is 11.9 Å². The van der Waals surface area contributed by atoms with Crippen LogP contribution < -0.4 is 5.32 Å². The molecule has 0 amide bonds. The van der Waals surface area contributed by atoms with Crippen LogP contribution in [0, 0.1) is 35.0 Å². The number of fused-ring (bicyclic) bond motifs is 1. The number of hydrogen-bond donors (Lipinski definition) is 7. The number of carboxylic acid groups (broad SMARTS) is 2. The molecule has 2 aromatic carbocycles. The number of benzene rings is 2. The van der Waals surface area contributed by atoms with Crippen molar-refractivity contribution >= 4 is 17.6 Å². The maximum Gasteiger partial charge on any atom is 0.337 e. The van der Waals surface area contributed by atoms with Crippen molar-refractivity contribution < 1.29 is 40.2 Å². The predicted octanol–water partition coefficient (Wildman–Crippen LogP) is 7.85. The van der Waals surface area contributed by atoms with Crippen molar-refractivity contribution in [2.24, 2.45) is 35.0 Å². The number of anilines is 1. The summed E-state index contributed by atoms with van der Waals surface area (Å²) in [5, 5.41) is 65.7. The van der Waals surface area contributed by atoms with Crippen molar-refractivity contribution in [3.05, 3.63) is 132 Å². The molecule has 9 atom stereocenters. The number of carboxylic acids is 2. The Morgan fingerprint density at radius 1 is 0.962 bits per heavy atom. The van der Waals surface area contributed by atoms with E-state index in [4.69, 9.17) is 5.11 Å². The minimum Gasteiger partial charge on any atom is -0.508 e. The number of rotatable bonds is 15. The number of allylic oxidation sites excluding steroid dienone is 8. The molecule has 0 bridgehead atoms. The van der Waals surface area contributed by atoms with E-state index in [9.17, 15) is 35.1 Å². The molecule has 0 radical (unpaired) electrons. The first-order valence-corrected chi connectivity index (χ1v) is 18.2. The smallest absolute Gasteiger partial charge is 0.337 e. The standard InChI is InChI=1S/C44H55NO8/c1-27(18-24-38(49)50)17-23-37(48)29(3)36(47)16-10-8-7-9-13-32-28(2)25-34-40(43(4,5)26-44(34,6)53)39(32)41(30-19-21-31(46)22-20-30)45-35-15-12-11-14-33(35)42(51)52/h7-22,24-25,29,32,34,36-37,39-41,45-48,53H,23,26H2,1-6H3,(H,49,50)(H,51,52)/b8-7+,13-9-,16-10-,24-18+,27-17+/t29-,32-,34+,36+,37+,39-,40-,41-,44+/m0/s1. The number of aromatic carboxylic acids is 1. The zero-order valence-electron chi connectivity index (χ0n) is 31.4. The zero-order valence-corrected chi connectivity index (χ0v) is 31.4. The van der Waals surface area contributed by atoms with E-state index in [-0.39, 0.29) is 46.8 Å². The molecule has 0 unspecified atom stereocenters. The molecule has 7 N–H and O–H groups in total. The van der Waals surface area contributed by atoms with Crippen molar-refractivity contribution in [2.45, 2.75) is 78.2 Å². The van der Waals surface area contributed by atoms with Crippen molar-refractivity contribution in [1.29, 1.82) is 0 Å². The topological polar surface area (TPSA) is 168 Å². The maximum atomic E-state index is 12.3. The molecule has 9 heteroatoms. The van der Waals surface area contributed by atoms with E-state index in [0.717, 1.165) is 17.2 Å². The Hall–Kier alpha value is -4.70. The van der Waals surface area contributed by atoms with Crippen LogP contribution in [0.25, 0.3) is 0 Å². The lowest BCUT2D eigenvalue weighted by Crippen LogP contribution is -2.44. The van der Waals surface area contributed by atoms with Gasteiger partial charge in [0.1, 0.15) is 5.75 Å². The Balaban J connectivity index is 1.64. The molecule has 0 aliphatic heterocycles. The molecular weight excluding hydrogens is 670 g/mol. The molecule has 0 heterocycles. The Kier molecular flexibility index (Phi) is 13.5. The van der Waals surface area contributed by atoms with Crippen molar-refractivity contribution in [3.8, 4) is 5.75 Å². The van der Waals surface area contributed by atoms with E-state index in [1.807, 2.05) is 37.3 Å². The first-order valence-electron chi connectivity index (χ1n) is 18.2. The van der Waals surface area contributed by atoms with Gasteiger partial charge in [0, 0.05) is 29.5 Å². The molecule has 0 saturated heterocycles. The fraction of sp³-hybridized carbons (Fsp3) is 0.409. The van der Waals surface area contributed by atoms with Gasteiger partial charge in [-0.1, -0.05) is 111 Å². The summed E-state index contributed by atoms with van der Waals surface area (Å²) in [6, 6.07) is 13.4. The van der Waals surface area contributed by atoms with Crippen LogP contribution in [0.2, 0.25) is 0 Å². The van der Waals surface area contributed by atoms with Gasteiger partial charge < -0.3 is 36.0 Å². The predicted molar refractivity (Wildman–Crippen MR) is 208 cm³/mol. The molecule has 53 heavy (non-hydrogen) atoms. The van der Waals surface area contributed by atoms with Gasteiger partial charge in [0.25, 0.3) is 0 Å². The summed E-state index contributed by atoms with van der Waals surface area (Å²) in [5.74, 6) is -2.81. The van der Waals surface area contributed by atoms with E-state index in [2.05, 4.69) is 38.2 Å². The van der Waals surface area contributed by atoms with Crippen LogP contribution in [0.4, 0.5) is 5.69 Å². The second-order valence-electron chi connectivity index (χ2n) is 15.6. The molecule has 1 fully saturated rings. The van der Waals surface area contributed by atoms with Gasteiger partial charge in [0.05, 0.1) is 29.4 Å². The third kappa shape index (κ3) is 10.3. The molecule has 9 nitrogen and oxygen atoms in total. The first kappa shape index (κ1) is 41.1. The van der Waals surface area contributed by atoms with Crippen LogP contribution in [0.15, 0.2) is 120 Å². The number of phenolic OH excluding ortho intramolecular Hbond substituents is 1. The number of aromatic hydroxyl groups is 1. The zero-order chi connectivity index (χ0) is 39.1. The van der Waals surface area contributed by atoms with Crippen molar-refractivity contribution in [2.75, 3.05) is 5.32 Å². The highest BCUT2D eigenvalue weighted by Gasteiger charge is 2.59. The highest BCUT2D eigenvalue weighted by molar-refractivity contribution is 5.94. The average Bonchev–Trinajstić information content (AvgIpc) is 3.28. The van der Waals surface area contributed by atoms with E-state index < -0.39 is 41.7 Å². The van der Waals surface area contributed by atoms with Gasteiger partial charge in [-0.25, -0.2) is 9.59 Å². The number of aliphatic hydroxyl groups is 3. The lowest BCUT2D eigenvalue weighted by Gasteiger charge is -2.48. The van der Waals surface area contributed by atoms with Gasteiger partial charge in [-0.15, -0.1) is 0 Å². The molecule has 284 valence electrons. The van der Waals surface area contributed by atoms with E-state index in [1.54, 1.807) is 68.5 Å². The van der Waals surface area contributed by atoms with Crippen molar-refractivity contribution in [1.82, 2.24) is 0 Å². The molecule has 2 aromatic rings. The molecule has 2 aliphatic carbocycles. The van der Waals surface area contributed by atoms with Crippen molar-refractivity contribution in [3.63, 3.8) is 0 Å². The normalized spacial score (nSPS) is 26.8. The van der Waals surface area contributed by atoms with Gasteiger partial charge in [0.15, 0.2) is 0 Å². The first-order chi connectivity index (χ1) is 24.9. The summed E-state index contributed by atoms with van der Waals surface area (Å²) in [7, 11) is 0. The van der Waals surface area contributed by atoms with Gasteiger partial charge in [-0.2, -0.15) is 0 Å². The lowest BCUT2D eigenvalue weighted by molar-refractivity contribution is -0.131. The highest BCUT2D eigenvalue weighted by Crippen LogP contribution is 2.62. The van der Waals surface area contributed by atoms with Gasteiger partial charge in [0.2, 0.25) is 0 Å². The van der Waals surface area contributed by atoms with Gasteiger partial charge in [-0.05, 0) is 80.7 Å². The van der Waals surface area contributed by atoms with Crippen LogP contribution in [0.1, 0.15) is 76.3 Å². The molecule has 0 aromatic heterocycles. The second-order valence-corrected chi connectivity index (χ2v) is 15.6. The fourth-order valence-corrected chi connectivity index (χ4v) is 8.42. The highest BCUT2D eigenvalue weighted by atomic mass is 16.4. The van der Waals surface area contributed by atoms with E-state index in [0.29, 0.717) is 17.7 Å². The third-order valence-electron chi connectivity index (χ3n) is 11.0. The molecular formula is C44H55NO8. The summed E-state index contributed by atoms with van der Waals surface area (Å²) in [4.78, 5) is 23.0. The number of aliphatic hydroxyl groups excluding tert-OH is 2. The Morgan fingerprint density at radius 2 is 1.62 bits per heavy atom. The number of carbonyl (C=O) groups is 2. The molecule has 4 rings (SSSR count). The Morgan fingerprint density at radius 3 is 2.28 bits per heavy atom. The summed E-state index contributed by atoms with van der Waals surface area (Å²) < 4.78 is 0. The fourth-order valence-electron chi connectivity index (χ4n) is 8.42. The SMILES string of the molecule is CC1=C[C@@H]2[C@@H]([C@@H]([C@@H](Nc3ccccc3C(=O)O)c3ccc(O)cc3)[C@H]1\C=C/C=C/C=C\[C@@H](O)[C@H](C)[C@H](O)C/C=C(C)/C=C/C(=O)O)C(C)(C)C[C@@]2(C)O. The quantitative estimate of drug-likeness (QED) is 0.0550. The summed E-state index contributed by atoms with van der Waals surface area (Å²) in [6.45, 7) is 11.9. The van der Waals surface area contributed by atoms with Crippen LogP contribution >= 0.6 is 0 Å². The minimum absolute atomic E-state index is 0.00194. The Bertz CT molecular complexity index is 1780. The third-order valence-corrected chi connectivity index (χ3v) is 11.0. The average molecular weight is 726 g/mol. The summed E-state index contributed by atoms with van der Waals surface area (Å²) in [6.07, 6.45) is 16.7. The van der Waals surface area contributed by atoms with Crippen LogP contribution in [0.3, 0.4) is 0 Å². The largest absolute Gasteiger partial charge is 0.508 e. The summed E-state index contributed by atoms with van der Waals surface area (Å²) >= 11 is 0. The number of nitrogens with one attached hydrogen (secondary N) is 1. The second kappa shape index (κ2) is 17.4. The molecule has 1 saturated carbocycles. The number of hydrogen-bond acceptors (Lipinski definition) is 7. The molecule has 2 aliphatic rings. The minimum atomic E-state index is -1.05. The number of para-hydroxylation sites is 1. The van der Waals surface area contributed by atoms with E-state index in [1.165, 1.54) is 6.08 Å². The van der Waals surface area contributed by atoms with Crippen LogP contribution in [-0.4, -0.2) is 60.4 Å². The monoisotopic (exact) mass is 725 g/mol. The number of aliphatic carboxylic acids is 1.